The van der Waals surface area contributed by atoms with E-state index in [1.165, 1.54) is 6.08 Å². The Morgan fingerprint density at radius 2 is 1.48 bits per heavy atom. The van der Waals surface area contributed by atoms with Crippen molar-refractivity contribution in [2.24, 2.45) is 0 Å². The van der Waals surface area contributed by atoms with Crippen LogP contribution in [-0.4, -0.2) is 19.9 Å². The molecule has 3 rings (SSSR count). The van der Waals surface area contributed by atoms with Crippen LogP contribution in [0.4, 0.5) is 0 Å². The summed E-state index contributed by atoms with van der Waals surface area (Å²) in [6.07, 6.45) is 4.62. The molecule has 3 aromatic rings. The number of H-pyrrole nitrogens is 3. The molecule has 0 bridgehead atoms. The number of hydrogen-bond donors (Lipinski definition) is 3. The summed E-state index contributed by atoms with van der Waals surface area (Å²) in [5.41, 5.74) is 1.01. The van der Waals surface area contributed by atoms with Gasteiger partial charge in [0.2, 0.25) is 0 Å². The lowest BCUT2D eigenvalue weighted by atomic mass is 9.90. The van der Waals surface area contributed by atoms with Crippen LogP contribution in [0.3, 0.4) is 0 Å². The highest BCUT2D eigenvalue weighted by Gasteiger charge is 2.19. The first-order valence-corrected chi connectivity index (χ1v) is 8.95. The second-order valence-corrected chi connectivity index (χ2v) is 8.01. The van der Waals surface area contributed by atoms with Gasteiger partial charge in [0.1, 0.15) is 10.7 Å². The summed E-state index contributed by atoms with van der Waals surface area (Å²) in [4.78, 5) is 37.4. The number of halogens is 2. The zero-order valence-corrected chi connectivity index (χ0v) is 16.5. The molecule has 0 fully saturated rings. The number of hydrogen-bond acceptors (Lipinski definition) is 3. The van der Waals surface area contributed by atoms with E-state index in [1.807, 2.05) is 20.8 Å². The zero-order chi connectivity index (χ0) is 19.8. The van der Waals surface area contributed by atoms with Crippen molar-refractivity contribution in [3.63, 3.8) is 0 Å². The maximum atomic E-state index is 12.4. The monoisotopic (exact) mass is 404 g/mol. The van der Waals surface area contributed by atoms with Gasteiger partial charge in [-0.15, -0.1) is 0 Å². The van der Waals surface area contributed by atoms with Crippen LogP contribution in [0.1, 0.15) is 37.7 Å². The molecular weight excluding hydrogens is 387 g/mol. The molecule has 2 heterocycles. The molecule has 2 aromatic heterocycles. The third-order valence-corrected chi connectivity index (χ3v) is 4.32. The van der Waals surface area contributed by atoms with Crippen LogP contribution in [0.15, 0.2) is 34.1 Å². The molecule has 0 unspecified atom stereocenters. The first kappa shape index (κ1) is 19.2. The molecule has 0 radical (unpaired) electrons. The SMILES string of the molecule is CC(C)(C)c1[nH]cnc1C=c1[nH]c(=O)c(=Cc2cc(Cl)cc(Cl)c2)[nH]c1=O. The molecule has 6 nitrogen and oxygen atoms in total. The quantitative estimate of drug-likeness (QED) is 0.609. The highest BCUT2D eigenvalue weighted by molar-refractivity contribution is 6.34. The van der Waals surface area contributed by atoms with Gasteiger partial charge < -0.3 is 15.0 Å². The number of rotatable bonds is 2. The summed E-state index contributed by atoms with van der Waals surface area (Å²) in [6, 6.07) is 4.87. The Morgan fingerprint density at radius 3 is 2.04 bits per heavy atom. The van der Waals surface area contributed by atoms with Crippen LogP contribution in [0.2, 0.25) is 10.0 Å². The van der Waals surface area contributed by atoms with Crippen molar-refractivity contribution in [2.45, 2.75) is 26.2 Å². The summed E-state index contributed by atoms with van der Waals surface area (Å²) >= 11 is 11.9. The Morgan fingerprint density at radius 1 is 0.926 bits per heavy atom. The fraction of sp³-hybridized carbons (Fsp3) is 0.211. The fourth-order valence-corrected chi connectivity index (χ4v) is 3.22. The number of nitrogens with one attached hydrogen (secondary N) is 3. The van der Waals surface area contributed by atoms with Crippen molar-refractivity contribution in [3.8, 4) is 0 Å². The van der Waals surface area contributed by atoms with Gasteiger partial charge in [0, 0.05) is 21.2 Å². The van der Waals surface area contributed by atoms with Gasteiger partial charge in [-0.05, 0) is 35.9 Å². The van der Waals surface area contributed by atoms with Crippen molar-refractivity contribution < 1.29 is 0 Å². The molecule has 0 aliphatic rings. The van der Waals surface area contributed by atoms with E-state index in [4.69, 9.17) is 23.2 Å². The molecule has 140 valence electrons. The predicted octanol–water partition coefficient (Wildman–Crippen LogP) is 2.05. The first-order valence-electron chi connectivity index (χ1n) is 8.19. The Hall–Kier alpha value is -2.57. The van der Waals surface area contributed by atoms with Crippen molar-refractivity contribution in [1.82, 2.24) is 19.9 Å². The van der Waals surface area contributed by atoms with Crippen LogP contribution in [0.5, 0.6) is 0 Å². The number of aromatic amines is 3. The number of nitrogens with zero attached hydrogens (tertiary/aromatic N) is 1. The molecule has 27 heavy (non-hydrogen) atoms. The highest BCUT2D eigenvalue weighted by Crippen LogP contribution is 2.22. The van der Waals surface area contributed by atoms with Crippen molar-refractivity contribution in [3.05, 3.63) is 82.9 Å². The zero-order valence-electron chi connectivity index (χ0n) is 15.0. The first-order chi connectivity index (χ1) is 12.6. The molecule has 3 N–H and O–H groups in total. The lowest BCUT2D eigenvalue weighted by Crippen LogP contribution is -2.46. The molecule has 0 atom stereocenters. The van der Waals surface area contributed by atoms with Crippen LogP contribution in [0.25, 0.3) is 12.2 Å². The van der Waals surface area contributed by atoms with Crippen LogP contribution in [0, 0.1) is 0 Å². The Balaban J connectivity index is 2.14. The Kier molecular flexibility index (Phi) is 5.13. The van der Waals surface area contributed by atoms with E-state index in [1.54, 1.807) is 30.6 Å². The third kappa shape index (κ3) is 4.40. The molecule has 1 aromatic carbocycles. The van der Waals surface area contributed by atoms with E-state index in [9.17, 15) is 9.59 Å². The van der Waals surface area contributed by atoms with E-state index >= 15 is 0 Å². The predicted molar refractivity (Wildman–Crippen MR) is 108 cm³/mol. The molecular formula is C19H18Cl2N4O2. The van der Waals surface area contributed by atoms with Gasteiger partial charge in [0.15, 0.2) is 0 Å². The Bertz CT molecular complexity index is 1210. The van der Waals surface area contributed by atoms with Crippen molar-refractivity contribution in [2.75, 3.05) is 0 Å². The second kappa shape index (κ2) is 7.21. The molecule has 0 aliphatic heterocycles. The van der Waals surface area contributed by atoms with Crippen molar-refractivity contribution >= 4 is 35.4 Å². The van der Waals surface area contributed by atoms with Gasteiger partial charge in [-0.2, -0.15) is 0 Å². The number of benzene rings is 1. The standard InChI is InChI=1S/C19H18Cl2N4O2/c1-19(2,3)16-13(22-9-23-16)8-15-18(27)24-14(17(26)25-15)6-10-4-11(20)7-12(21)5-10/h4-9H,1-3H3,(H,22,23)(H,24,27)(H,25,26). The summed E-state index contributed by atoms with van der Waals surface area (Å²) < 4.78 is 0. The maximum Gasteiger partial charge on any atom is 0.272 e. The minimum absolute atomic E-state index is 0.105. The smallest absolute Gasteiger partial charge is 0.272 e. The van der Waals surface area contributed by atoms with E-state index < -0.39 is 11.1 Å². The largest absolute Gasteiger partial charge is 0.348 e. The van der Waals surface area contributed by atoms with Crippen molar-refractivity contribution in [1.29, 1.82) is 0 Å². The fourth-order valence-electron chi connectivity index (χ4n) is 2.67. The summed E-state index contributed by atoms with van der Waals surface area (Å²) in [7, 11) is 0. The highest BCUT2D eigenvalue weighted by atomic mass is 35.5. The van der Waals surface area contributed by atoms with Gasteiger partial charge in [-0.1, -0.05) is 44.0 Å². The summed E-state index contributed by atoms with van der Waals surface area (Å²) in [5, 5.41) is 1.10. The Labute approximate surface area is 164 Å². The topological polar surface area (TPSA) is 94.4 Å². The number of aromatic nitrogens is 4. The van der Waals surface area contributed by atoms with E-state index in [0.29, 0.717) is 21.3 Å². The molecule has 8 heteroatoms. The molecule has 0 saturated carbocycles. The van der Waals surface area contributed by atoms with Crippen LogP contribution in [-0.2, 0) is 5.41 Å². The molecule has 0 amide bonds. The minimum Gasteiger partial charge on any atom is -0.348 e. The minimum atomic E-state index is -0.440. The second-order valence-electron chi connectivity index (χ2n) is 7.14. The lowest BCUT2D eigenvalue weighted by Gasteiger charge is -2.16. The van der Waals surface area contributed by atoms with Gasteiger partial charge in [-0.3, -0.25) is 9.59 Å². The van der Waals surface area contributed by atoms with Gasteiger partial charge in [0.25, 0.3) is 11.1 Å². The van der Waals surface area contributed by atoms with E-state index in [0.717, 1.165) is 5.69 Å². The average molecular weight is 405 g/mol. The van der Waals surface area contributed by atoms with Crippen LogP contribution >= 0.6 is 23.2 Å². The van der Waals surface area contributed by atoms with Gasteiger partial charge in [-0.25, -0.2) is 4.98 Å². The summed E-state index contributed by atoms with van der Waals surface area (Å²) in [6.45, 7) is 6.08. The maximum absolute atomic E-state index is 12.4. The van der Waals surface area contributed by atoms with Gasteiger partial charge in [0.05, 0.1) is 12.0 Å². The lowest BCUT2D eigenvalue weighted by molar-refractivity contribution is 0.571. The third-order valence-electron chi connectivity index (χ3n) is 3.88. The molecule has 0 aliphatic carbocycles. The summed E-state index contributed by atoms with van der Waals surface area (Å²) in [5.74, 6) is 0. The molecule has 0 saturated heterocycles. The van der Waals surface area contributed by atoms with E-state index in [-0.39, 0.29) is 16.1 Å². The number of imidazole rings is 1. The molecule has 0 spiro atoms. The van der Waals surface area contributed by atoms with E-state index in [2.05, 4.69) is 19.9 Å². The van der Waals surface area contributed by atoms with Crippen LogP contribution < -0.4 is 21.8 Å². The van der Waals surface area contributed by atoms with Gasteiger partial charge >= 0.3 is 0 Å². The normalized spacial score (nSPS) is 13.4. The average Bonchev–Trinajstić information content (AvgIpc) is 2.99.